The Kier molecular flexibility index (Phi) is 6.79. The number of para-hydroxylation sites is 6. The summed E-state index contributed by atoms with van der Waals surface area (Å²) in [5, 5.41) is 6.26. The molecule has 0 aliphatic heterocycles. The van der Waals surface area contributed by atoms with Gasteiger partial charge in [-0.1, -0.05) is 125 Å². The van der Waals surface area contributed by atoms with Gasteiger partial charge in [0.2, 0.25) is 0 Å². The summed E-state index contributed by atoms with van der Waals surface area (Å²) in [5.41, 5.74) is 12.9. The molecule has 52 heavy (non-hydrogen) atoms. The molecule has 4 aromatic heterocycles. The molecular formula is C46H28N4OPd. The van der Waals surface area contributed by atoms with Crippen molar-refractivity contribution in [2.24, 2.45) is 0 Å². The molecule has 4 heterocycles. The van der Waals surface area contributed by atoms with E-state index in [1.807, 2.05) is 24.3 Å². The first-order chi connectivity index (χ1) is 25.1. The molecule has 0 bridgehead atoms. The largest absolute Gasteiger partial charge is 2.00 e. The zero-order chi connectivity index (χ0) is 33.8. The van der Waals surface area contributed by atoms with Gasteiger partial charge in [-0.3, -0.25) is 9.97 Å². The Labute approximate surface area is 312 Å². The summed E-state index contributed by atoms with van der Waals surface area (Å²) in [5.74, 6) is 1.20. The monoisotopic (exact) mass is 758 g/mol. The van der Waals surface area contributed by atoms with Gasteiger partial charge in [0.05, 0.1) is 33.4 Å². The summed E-state index contributed by atoms with van der Waals surface area (Å²) in [6.07, 6.45) is 0. The van der Waals surface area contributed by atoms with Crippen LogP contribution in [0.25, 0.3) is 87.8 Å². The second-order valence-corrected chi connectivity index (χ2v) is 13.3. The van der Waals surface area contributed by atoms with Crippen molar-refractivity contribution in [1.29, 1.82) is 0 Å². The number of aromatic nitrogens is 4. The van der Waals surface area contributed by atoms with Crippen LogP contribution >= 0.6 is 0 Å². The minimum absolute atomic E-state index is 0. The number of ether oxygens (including phenoxy) is 1. The van der Waals surface area contributed by atoms with Crippen molar-refractivity contribution in [3.05, 3.63) is 157 Å². The molecule has 6 heteroatoms. The first kappa shape index (κ1) is 30.7. The van der Waals surface area contributed by atoms with Gasteiger partial charge in [0.1, 0.15) is 0 Å². The number of rotatable bonds is 3. The van der Waals surface area contributed by atoms with Crippen LogP contribution in [-0.4, -0.2) is 18.8 Å². The Morgan fingerprint density at radius 1 is 0.481 bits per heavy atom. The number of hydrogen-bond donors (Lipinski definition) is 0. The van der Waals surface area contributed by atoms with Crippen LogP contribution < -0.4 is 4.74 Å². The number of benzene rings is 7. The van der Waals surface area contributed by atoms with E-state index in [2.05, 4.69) is 144 Å². The second-order valence-electron chi connectivity index (χ2n) is 13.3. The minimum atomic E-state index is 0. The van der Waals surface area contributed by atoms with E-state index in [0.29, 0.717) is 11.5 Å². The van der Waals surface area contributed by atoms with Gasteiger partial charge in [-0.05, 0) is 71.6 Å². The Morgan fingerprint density at radius 2 is 1.00 bits per heavy atom. The number of fused-ring (bicyclic) bond motifs is 16. The van der Waals surface area contributed by atoms with Crippen molar-refractivity contribution >= 4 is 76.7 Å². The average molecular weight is 759 g/mol. The van der Waals surface area contributed by atoms with E-state index < -0.39 is 0 Å². The Balaban J connectivity index is 0.00000338. The first-order valence-electron chi connectivity index (χ1n) is 17.2. The Bertz CT molecular complexity index is 3250. The van der Waals surface area contributed by atoms with E-state index in [0.717, 1.165) is 76.7 Å². The van der Waals surface area contributed by atoms with Crippen molar-refractivity contribution in [2.45, 2.75) is 13.8 Å². The molecule has 0 amide bonds. The van der Waals surface area contributed by atoms with E-state index in [9.17, 15) is 0 Å². The van der Waals surface area contributed by atoms with Crippen LogP contribution in [0.1, 0.15) is 11.1 Å². The van der Waals surface area contributed by atoms with E-state index in [1.165, 1.54) is 22.3 Å². The summed E-state index contributed by atoms with van der Waals surface area (Å²) >= 11 is 0. The third kappa shape index (κ3) is 4.32. The fourth-order valence-electron chi connectivity index (χ4n) is 8.19. The first-order valence-corrected chi connectivity index (χ1v) is 17.2. The number of pyridine rings is 2. The van der Waals surface area contributed by atoms with Gasteiger partial charge >= 0.3 is 20.4 Å². The van der Waals surface area contributed by atoms with Crippen LogP contribution in [0.15, 0.2) is 133 Å². The van der Waals surface area contributed by atoms with E-state index in [4.69, 9.17) is 14.7 Å². The zero-order valence-corrected chi connectivity index (χ0v) is 29.8. The Morgan fingerprint density at radius 3 is 1.67 bits per heavy atom. The number of nitrogens with zero attached hydrogens (tertiary/aromatic N) is 4. The topological polar surface area (TPSA) is 43.8 Å². The predicted molar refractivity (Wildman–Crippen MR) is 208 cm³/mol. The second kappa shape index (κ2) is 11.5. The third-order valence-electron chi connectivity index (χ3n) is 10.4. The van der Waals surface area contributed by atoms with Crippen LogP contribution in [0.2, 0.25) is 0 Å². The zero-order valence-electron chi connectivity index (χ0n) is 28.2. The molecule has 0 spiro atoms. The molecule has 0 atom stereocenters. The molecule has 0 saturated carbocycles. The van der Waals surface area contributed by atoms with Gasteiger partial charge in [0.15, 0.2) is 0 Å². The molecule has 11 aromatic rings. The normalized spacial score (nSPS) is 11.9. The fraction of sp³-hybridized carbons (Fsp3) is 0.0435. The number of hydrogen-bond acceptors (Lipinski definition) is 3. The van der Waals surface area contributed by atoms with Gasteiger partial charge in [0, 0.05) is 28.1 Å². The van der Waals surface area contributed by atoms with Crippen molar-refractivity contribution in [2.75, 3.05) is 0 Å². The third-order valence-corrected chi connectivity index (χ3v) is 10.4. The Hall–Kier alpha value is -6.06. The standard InChI is InChI=1S/C46H28N4O.Pd/c1-27-11-9-12-28(2)43(27)35-15-10-14-34-32-24-22-30(26-37(32)46-48-39-17-5-8-20-42(39)50(46)44(34)35)51-29-21-23-31-33-13-3-6-18-40(33)49-41-19-7-4-16-38(41)47-45(49)36(31)25-29;/h3-24H,1-2H3;/q-2;+2. The molecule has 0 saturated heterocycles. The van der Waals surface area contributed by atoms with Crippen molar-refractivity contribution < 1.29 is 25.2 Å². The van der Waals surface area contributed by atoms with Crippen LogP contribution in [-0.2, 0) is 20.4 Å². The molecule has 0 aliphatic carbocycles. The van der Waals surface area contributed by atoms with E-state index in [1.54, 1.807) is 0 Å². The van der Waals surface area contributed by atoms with Gasteiger partial charge in [0.25, 0.3) is 0 Å². The van der Waals surface area contributed by atoms with Gasteiger partial charge in [-0.25, -0.2) is 0 Å². The molecule has 0 unspecified atom stereocenters. The van der Waals surface area contributed by atoms with Gasteiger partial charge < -0.3 is 13.5 Å². The van der Waals surface area contributed by atoms with Crippen LogP contribution in [0.4, 0.5) is 0 Å². The fourth-order valence-corrected chi connectivity index (χ4v) is 8.19. The van der Waals surface area contributed by atoms with E-state index >= 15 is 0 Å². The van der Waals surface area contributed by atoms with E-state index in [-0.39, 0.29) is 20.4 Å². The summed E-state index contributed by atoms with van der Waals surface area (Å²) in [6.45, 7) is 4.38. The molecule has 11 rings (SSSR count). The van der Waals surface area contributed by atoms with Crippen LogP contribution in [0.5, 0.6) is 11.5 Å². The van der Waals surface area contributed by atoms with Gasteiger partial charge in [-0.15, -0.1) is 12.1 Å². The predicted octanol–water partition coefficient (Wildman–Crippen LogP) is 11.6. The van der Waals surface area contributed by atoms with Gasteiger partial charge in [-0.2, -0.15) is 0 Å². The molecule has 0 fully saturated rings. The van der Waals surface area contributed by atoms with Crippen molar-refractivity contribution in [3.63, 3.8) is 0 Å². The summed E-state index contributed by atoms with van der Waals surface area (Å²) in [6, 6.07) is 53.7. The number of aryl methyl sites for hydroxylation is 2. The maximum absolute atomic E-state index is 6.60. The maximum atomic E-state index is 6.60. The molecule has 5 nitrogen and oxygen atoms in total. The van der Waals surface area contributed by atoms with Crippen LogP contribution in [0.3, 0.4) is 0 Å². The van der Waals surface area contributed by atoms with Crippen molar-refractivity contribution in [1.82, 2.24) is 18.8 Å². The molecular weight excluding hydrogens is 731 g/mol. The maximum Gasteiger partial charge on any atom is 2.00 e. The average Bonchev–Trinajstić information content (AvgIpc) is 3.75. The molecule has 0 aliphatic rings. The molecule has 7 aromatic carbocycles. The molecule has 0 radical (unpaired) electrons. The summed E-state index contributed by atoms with van der Waals surface area (Å²) < 4.78 is 11.1. The molecule has 0 N–H and O–H groups in total. The summed E-state index contributed by atoms with van der Waals surface area (Å²) in [4.78, 5) is 10.3. The quantitative estimate of drug-likeness (QED) is 0.102. The minimum Gasteiger partial charge on any atom is -0.497 e. The molecule has 248 valence electrons. The number of imidazole rings is 2. The van der Waals surface area contributed by atoms with Crippen molar-refractivity contribution in [3.8, 4) is 22.6 Å². The smallest absolute Gasteiger partial charge is 0.497 e. The summed E-state index contributed by atoms with van der Waals surface area (Å²) in [7, 11) is 0. The van der Waals surface area contributed by atoms with Crippen LogP contribution in [0, 0.1) is 26.0 Å². The SMILES string of the molecule is Cc1cccc(C)c1-c1cccc2c3ccc(Oc4[c-]c5c(cc4)c4ccccc4n4c6ccccc6nc54)[c-]c3c3nc4ccccc4n3c12.[Pd+2].